The van der Waals surface area contributed by atoms with Gasteiger partial charge in [0.15, 0.2) is 0 Å². The Balaban J connectivity index is 2.05. The summed E-state index contributed by atoms with van der Waals surface area (Å²) in [5, 5.41) is 7.11. The van der Waals surface area contributed by atoms with Gasteiger partial charge in [-0.05, 0) is 59.9 Å². The van der Waals surface area contributed by atoms with Crippen LogP contribution in [0.4, 0.5) is 0 Å². The van der Waals surface area contributed by atoms with E-state index in [9.17, 15) is 0 Å². The van der Waals surface area contributed by atoms with E-state index in [0.717, 1.165) is 13.0 Å². The highest BCUT2D eigenvalue weighted by Crippen LogP contribution is 2.30. The molecular formula is C15H17NS. The number of aryl methyl sites for hydroxylation is 1. The number of benzene rings is 1. The van der Waals surface area contributed by atoms with Gasteiger partial charge in [0.05, 0.1) is 0 Å². The maximum Gasteiger partial charge on any atom is 0.0345 e. The van der Waals surface area contributed by atoms with Crippen molar-refractivity contribution in [2.24, 2.45) is 0 Å². The molecule has 1 aromatic carbocycles. The summed E-state index contributed by atoms with van der Waals surface area (Å²) in [4.78, 5) is 0. The minimum Gasteiger partial charge on any atom is -0.310 e. The maximum absolute atomic E-state index is 3.45. The van der Waals surface area contributed by atoms with Crippen LogP contribution in [0.15, 0.2) is 29.7 Å². The van der Waals surface area contributed by atoms with E-state index in [0.29, 0.717) is 6.04 Å². The van der Waals surface area contributed by atoms with Crippen molar-refractivity contribution in [2.75, 3.05) is 6.54 Å². The van der Waals surface area contributed by atoms with Gasteiger partial charge >= 0.3 is 0 Å². The lowest BCUT2D eigenvalue weighted by Crippen LogP contribution is -2.29. The van der Waals surface area contributed by atoms with Crippen molar-refractivity contribution in [1.29, 1.82) is 0 Å². The Bertz CT molecular complexity index is 580. The molecule has 2 heterocycles. The second-order valence-electron chi connectivity index (χ2n) is 4.87. The molecule has 1 aliphatic heterocycles. The zero-order valence-corrected chi connectivity index (χ0v) is 11.1. The quantitative estimate of drug-likeness (QED) is 0.799. The minimum absolute atomic E-state index is 0.592. The molecule has 17 heavy (non-hydrogen) atoms. The second-order valence-corrected chi connectivity index (χ2v) is 5.78. The fourth-order valence-electron chi connectivity index (χ4n) is 2.46. The number of hydrogen-bond donors (Lipinski definition) is 1. The molecule has 3 rings (SSSR count). The summed E-state index contributed by atoms with van der Waals surface area (Å²) < 4.78 is 1.40. The van der Waals surface area contributed by atoms with Gasteiger partial charge in [-0.15, -0.1) is 11.3 Å². The summed E-state index contributed by atoms with van der Waals surface area (Å²) in [6.45, 7) is 5.45. The first-order valence-corrected chi connectivity index (χ1v) is 7.02. The van der Waals surface area contributed by atoms with Crippen LogP contribution in [0.3, 0.4) is 0 Å². The first-order valence-electron chi connectivity index (χ1n) is 6.14. The Hall–Kier alpha value is -1.12. The Morgan fingerprint density at radius 1 is 1.35 bits per heavy atom. The van der Waals surface area contributed by atoms with Crippen LogP contribution in [0, 0.1) is 6.92 Å². The molecule has 2 heteroatoms. The van der Waals surface area contributed by atoms with Gasteiger partial charge < -0.3 is 5.32 Å². The standard InChI is InChI=1S/C15H17NS/c1-10-9-17-15-4-3-12(8-14(10)15)13-5-6-16-11(2)7-13/h3-5,8-9,11,16H,6-7H2,1-2H3. The number of rotatable bonds is 1. The van der Waals surface area contributed by atoms with Crippen LogP contribution in [0.2, 0.25) is 0 Å². The summed E-state index contributed by atoms with van der Waals surface area (Å²) in [6.07, 6.45) is 3.46. The highest BCUT2D eigenvalue weighted by Gasteiger charge is 2.12. The monoisotopic (exact) mass is 243 g/mol. The first kappa shape index (κ1) is 11.0. The van der Waals surface area contributed by atoms with E-state index in [1.807, 2.05) is 11.3 Å². The molecule has 0 amide bonds. The first-order chi connectivity index (χ1) is 8.24. The molecule has 0 bridgehead atoms. The third-order valence-corrected chi connectivity index (χ3v) is 4.56. The molecule has 88 valence electrons. The predicted octanol–water partition coefficient (Wildman–Crippen LogP) is 3.97. The van der Waals surface area contributed by atoms with Crippen LogP contribution < -0.4 is 5.32 Å². The average Bonchev–Trinajstić information content (AvgIpc) is 2.71. The van der Waals surface area contributed by atoms with Crippen LogP contribution in [0.25, 0.3) is 15.7 Å². The molecule has 1 unspecified atom stereocenters. The van der Waals surface area contributed by atoms with Crippen molar-refractivity contribution in [2.45, 2.75) is 26.3 Å². The van der Waals surface area contributed by atoms with Crippen molar-refractivity contribution >= 4 is 27.0 Å². The van der Waals surface area contributed by atoms with Gasteiger partial charge in [0.25, 0.3) is 0 Å². The Labute approximate surface area is 106 Å². The van der Waals surface area contributed by atoms with Gasteiger partial charge in [-0.1, -0.05) is 12.1 Å². The summed E-state index contributed by atoms with van der Waals surface area (Å²) in [6, 6.07) is 7.47. The molecular weight excluding hydrogens is 226 g/mol. The third-order valence-electron chi connectivity index (χ3n) is 3.48. The van der Waals surface area contributed by atoms with Crippen LogP contribution in [-0.2, 0) is 0 Å². The fraction of sp³-hybridized carbons (Fsp3) is 0.333. The van der Waals surface area contributed by atoms with Crippen LogP contribution in [-0.4, -0.2) is 12.6 Å². The second kappa shape index (κ2) is 4.28. The third kappa shape index (κ3) is 2.03. The average molecular weight is 243 g/mol. The van der Waals surface area contributed by atoms with Crippen LogP contribution in [0.1, 0.15) is 24.5 Å². The maximum atomic E-state index is 3.45. The Kier molecular flexibility index (Phi) is 2.77. The highest BCUT2D eigenvalue weighted by molar-refractivity contribution is 7.17. The van der Waals surface area contributed by atoms with Crippen molar-refractivity contribution < 1.29 is 0 Å². The Morgan fingerprint density at radius 3 is 3.06 bits per heavy atom. The van der Waals surface area contributed by atoms with Gasteiger partial charge in [-0.3, -0.25) is 0 Å². The molecule has 1 atom stereocenters. The number of nitrogens with one attached hydrogen (secondary N) is 1. The summed E-state index contributed by atoms with van der Waals surface area (Å²) in [5.74, 6) is 0. The topological polar surface area (TPSA) is 12.0 Å². The molecule has 0 aliphatic carbocycles. The summed E-state index contributed by atoms with van der Waals surface area (Å²) in [5.41, 5.74) is 4.28. The van der Waals surface area contributed by atoms with Gasteiger partial charge in [-0.25, -0.2) is 0 Å². The van der Waals surface area contributed by atoms with Crippen molar-refractivity contribution in [3.8, 4) is 0 Å². The SMILES string of the molecule is Cc1csc2ccc(C3=CCNC(C)C3)cc12. The van der Waals surface area contributed by atoms with Gasteiger partial charge in [-0.2, -0.15) is 0 Å². The molecule has 0 saturated heterocycles. The molecule has 1 aromatic heterocycles. The molecule has 0 radical (unpaired) electrons. The van der Waals surface area contributed by atoms with E-state index in [2.05, 4.69) is 48.8 Å². The van der Waals surface area contributed by atoms with Crippen LogP contribution >= 0.6 is 11.3 Å². The van der Waals surface area contributed by atoms with Crippen molar-refractivity contribution in [3.05, 3.63) is 40.8 Å². The Morgan fingerprint density at radius 2 is 2.24 bits per heavy atom. The molecule has 0 fully saturated rings. The lowest BCUT2D eigenvalue weighted by atomic mass is 9.95. The lowest BCUT2D eigenvalue weighted by molar-refractivity contribution is 0.579. The number of fused-ring (bicyclic) bond motifs is 1. The summed E-state index contributed by atoms with van der Waals surface area (Å²) >= 11 is 1.84. The predicted molar refractivity (Wildman–Crippen MR) is 76.6 cm³/mol. The van der Waals surface area contributed by atoms with E-state index in [-0.39, 0.29) is 0 Å². The molecule has 0 saturated carbocycles. The number of hydrogen-bond acceptors (Lipinski definition) is 2. The van der Waals surface area contributed by atoms with E-state index in [4.69, 9.17) is 0 Å². The number of thiophene rings is 1. The molecule has 2 aromatic rings. The fourth-order valence-corrected chi connectivity index (χ4v) is 3.38. The van der Waals surface area contributed by atoms with Crippen LogP contribution in [0.5, 0.6) is 0 Å². The smallest absolute Gasteiger partial charge is 0.0345 e. The summed E-state index contributed by atoms with van der Waals surface area (Å²) in [7, 11) is 0. The molecule has 1 nitrogen and oxygen atoms in total. The van der Waals surface area contributed by atoms with Gasteiger partial charge in [0.1, 0.15) is 0 Å². The van der Waals surface area contributed by atoms with E-state index in [1.54, 1.807) is 0 Å². The normalized spacial score (nSPS) is 20.6. The minimum atomic E-state index is 0.592. The molecule has 0 spiro atoms. The molecule has 1 N–H and O–H groups in total. The highest BCUT2D eigenvalue weighted by atomic mass is 32.1. The van der Waals surface area contributed by atoms with E-state index in [1.165, 1.54) is 26.8 Å². The zero-order valence-electron chi connectivity index (χ0n) is 10.3. The van der Waals surface area contributed by atoms with Gasteiger partial charge in [0.2, 0.25) is 0 Å². The van der Waals surface area contributed by atoms with E-state index >= 15 is 0 Å². The molecule has 1 aliphatic rings. The van der Waals surface area contributed by atoms with E-state index < -0.39 is 0 Å². The largest absolute Gasteiger partial charge is 0.310 e. The van der Waals surface area contributed by atoms with Crippen molar-refractivity contribution in [1.82, 2.24) is 5.32 Å². The lowest BCUT2D eigenvalue weighted by Gasteiger charge is -2.21. The van der Waals surface area contributed by atoms with Gasteiger partial charge in [0, 0.05) is 17.3 Å². The van der Waals surface area contributed by atoms with Crippen molar-refractivity contribution in [3.63, 3.8) is 0 Å². The zero-order chi connectivity index (χ0) is 11.8.